The van der Waals surface area contributed by atoms with Gasteiger partial charge in [-0.15, -0.1) is 0 Å². The summed E-state index contributed by atoms with van der Waals surface area (Å²) in [4.78, 5) is 17.2. The number of nitrogens with zero attached hydrogens (tertiary/aromatic N) is 2. The van der Waals surface area contributed by atoms with Gasteiger partial charge < -0.3 is 19.5 Å². The number of likely N-dealkylation sites (tertiary alicyclic amines) is 1. The summed E-state index contributed by atoms with van der Waals surface area (Å²) >= 11 is 0. The van der Waals surface area contributed by atoms with Crippen molar-refractivity contribution in [1.29, 1.82) is 0 Å². The van der Waals surface area contributed by atoms with Crippen molar-refractivity contribution in [2.24, 2.45) is 5.92 Å². The molecule has 0 aromatic heterocycles. The summed E-state index contributed by atoms with van der Waals surface area (Å²) in [6.45, 7) is 3.67. The quantitative estimate of drug-likeness (QED) is 0.857. The van der Waals surface area contributed by atoms with Crippen molar-refractivity contribution >= 4 is 5.91 Å². The van der Waals surface area contributed by atoms with Crippen LogP contribution in [-0.2, 0) is 9.53 Å². The van der Waals surface area contributed by atoms with Gasteiger partial charge in [0, 0.05) is 37.2 Å². The zero-order valence-electron chi connectivity index (χ0n) is 16.8. The number of benzene rings is 1. The van der Waals surface area contributed by atoms with Gasteiger partial charge in [-0.3, -0.25) is 9.69 Å². The maximum absolute atomic E-state index is 13.0. The first-order chi connectivity index (χ1) is 13.6. The van der Waals surface area contributed by atoms with Crippen LogP contribution in [0.2, 0.25) is 0 Å². The third kappa shape index (κ3) is 3.78. The maximum Gasteiger partial charge on any atom is 0.236 e. The van der Waals surface area contributed by atoms with Crippen molar-refractivity contribution in [2.45, 2.75) is 43.7 Å². The molecule has 4 rings (SSSR count). The fraction of sp³-hybridized carbons (Fsp3) is 0.682. The van der Waals surface area contributed by atoms with Crippen LogP contribution < -0.4 is 4.74 Å². The van der Waals surface area contributed by atoms with E-state index in [2.05, 4.69) is 11.0 Å². The third-order valence-electron chi connectivity index (χ3n) is 6.83. The van der Waals surface area contributed by atoms with Gasteiger partial charge >= 0.3 is 0 Å². The van der Waals surface area contributed by atoms with Gasteiger partial charge in [-0.05, 0) is 25.3 Å². The Morgan fingerprint density at radius 1 is 1.21 bits per heavy atom. The van der Waals surface area contributed by atoms with E-state index < -0.39 is 5.60 Å². The van der Waals surface area contributed by atoms with Crippen LogP contribution in [0.15, 0.2) is 24.3 Å². The average Bonchev–Trinajstić information content (AvgIpc) is 2.74. The Morgan fingerprint density at radius 3 is 2.79 bits per heavy atom. The van der Waals surface area contributed by atoms with Gasteiger partial charge in [0.2, 0.25) is 5.91 Å². The number of carbonyl (C=O) groups is 1. The molecule has 3 atom stereocenters. The second kappa shape index (κ2) is 8.39. The van der Waals surface area contributed by atoms with Gasteiger partial charge in [-0.2, -0.15) is 0 Å². The number of para-hydroxylation sites is 1. The number of hydrogen-bond donors (Lipinski definition) is 1. The molecule has 1 aromatic carbocycles. The van der Waals surface area contributed by atoms with Crippen LogP contribution >= 0.6 is 0 Å². The van der Waals surface area contributed by atoms with Crippen molar-refractivity contribution in [1.82, 2.24) is 9.80 Å². The number of carbonyl (C=O) groups excluding carboxylic acids is 1. The van der Waals surface area contributed by atoms with Crippen molar-refractivity contribution < 1.29 is 19.4 Å². The minimum absolute atomic E-state index is 0.000176. The highest BCUT2D eigenvalue weighted by molar-refractivity contribution is 5.78. The van der Waals surface area contributed by atoms with Gasteiger partial charge in [-0.25, -0.2) is 0 Å². The van der Waals surface area contributed by atoms with Crippen LogP contribution in [0, 0.1) is 5.92 Å². The minimum Gasteiger partial charge on any atom is -0.496 e. The number of piperidine rings is 1. The molecule has 6 nitrogen and oxygen atoms in total. The molecule has 1 aliphatic carbocycles. The van der Waals surface area contributed by atoms with Gasteiger partial charge in [0.1, 0.15) is 5.75 Å². The summed E-state index contributed by atoms with van der Waals surface area (Å²) in [5.74, 6) is 1.12. The zero-order chi connectivity index (χ0) is 19.6. The lowest BCUT2D eigenvalue weighted by atomic mass is 9.66. The molecule has 3 aliphatic rings. The fourth-order valence-electron chi connectivity index (χ4n) is 5.33. The van der Waals surface area contributed by atoms with Gasteiger partial charge in [0.15, 0.2) is 0 Å². The summed E-state index contributed by atoms with van der Waals surface area (Å²) in [6.07, 6.45) is 4.79. The second-order valence-electron chi connectivity index (χ2n) is 8.36. The van der Waals surface area contributed by atoms with E-state index in [1.165, 1.54) is 0 Å². The number of hydrogen-bond acceptors (Lipinski definition) is 5. The molecule has 1 N–H and O–H groups in total. The highest BCUT2D eigenvalue weighted by Crippen LogP contribution is 2.50. The number of amides is 1. The first-order valence-corrected chi connectivity index (χ1v) is 10.6. The van der Waals surface area contributed by atoms with E-state index in [1.807, 2.05) is 23.1 Å². The molecule has 2 aliphatic heterocycles. The lowest BCUT2D eigenvalue weighted by molar-refractivity contribution is -0.147. The van der Waals surface area contributed by atoms with Crippen molar-refractivity contribution in [3.63, 3.8) is 0 Å². The Kier molecular flexibility index (Phi) is 5.90. The summed E-state index contributed by atoms with van der Waals surface area (Å²) in [6, 6.07) is 8.07. The molecule has 0 bridgehead atoms. The Hall–Kier alpha value is -1.63. The zero-order valence-corrected chi connectivity index (χ0v) is 16.8. The Morgan fingerprint density at radius 2 is 2.00 bits per heavy atom. The van der Waals surface area contributed by atoms with Gasteiger partial charge in [-0.1, -0.05) is 31.0 Å². The number of fused-ring (bicyclic) bond motifs is 1. The van der Waals surface area contributed by atoms with E-state index in [9.17, 15) is 9.90 Å². The van der Waals surface area contributed by atoms with Crippen LogP contribution in [0.1, 0.15) is 43.7 Å². The molecule has 3 unspecified atom stereocenters. The first kappa shape index (κ1) is 19.7. The number of rotatable bonds is 4. The summed E-state index contributed by atoms with van der Waals surface area (Å²) in [5.41, 5.74) is 0.451. The molecule has 6 heteroatoms. The van der Waals surface area contributed by atoms with E-state index >= 15 is 0 Å². The minimum atomic E-state index is -0.637. The SMILES string of the molecule is COc1ccccc1C1C2CCCCC2(O)CCN1CC(=O)N1CCOCC1. The van der Waals surface area contributed by atoms with E-state index in [1.54, 1.807) is 7.11 Å². The normalized spacial score (nSPS) is 31.3. The molecule has 1 amide bonds. The monoisotopic (exact) mass is 388 g/mol. The maximum atomic E-state index is 13.0. The smallest absolute Gasteiger partial charge is 0.236 e. The third-order valence-corrected chi connectivity index (χ3v) is 6.83. The molecule has 154 valence electrons. The molecule has 1 aromatic rings. The largest absolute Gasteiger partial charge is 0.496 e. The Bertz CT molecular complexity index is 691. The number of aliphatic hydroxyl groups is 1. The number of ether oxygens (including phenoxy) is 2. The molecule has 1 saturated carbocycles. The van der Waals surface area contributed by atoms with E-state index in [0.717, 1.165) is 50.0 Å². The Balaban J connectivity index is 1.63. The lowest BCUT2D eigenvalue weighted by Crippen LogP contribution is -2.57. The van der Waals surface area contributed by atoms with Gasteiger partial charge in [0.05, 0.1) is 32.5 Å². The molecular formula is C22H32N2O4. The van der Waals surface area contributed by atoms with Crippen molar-refractivity contribution in [2.75, 3.05) is 46.5 Å². The second-order valence-corrected chi connectivity index (χ2v) is 8.36. The molecule has 0 spiro atoms. The lowest BCUT2D eigenvalue weighted by Gasteiger charge is -2.53. The molecule has 0 radical (unpaired) electrons. The van der Waals surface area contributed by atoms with Crippen LogP contribution in [0.4, 0.5) is 0 Å². The highest BCUT2D eigenvalue weighted by atomic mass is 16.5. The summed E-state index contributed by atoms with van der Waals surface area (Å²) in [7, 11) is 1.69. The van der Waals surface area contributed by atoms with Crippen LogP contribution in [0.25, 0.3) is 0 Å². The molecule has 28 heavy (non-hydrogen) atoms. The predicted octanol–water partition coefficient (Wildman–Crippen LogP) is 2.22. The first-order valence-electron chi connectivity index (χ1n) is 10.6. The van der Waals surface area contributed by atoms with E-state index in [4.69, 9.17) is 9.47 Å². The van der Waals surface area contributed by atoms with E-state index in [0.29, 0.717) is 32.8 Å². The number of methoxy groups -OCH3 is 1. The molecule has 2 saturated heterocycles. The van der Waals surface area contributed by atoms with Crippen LogP contribution in [0.3, 0.4) is 0 Å². The van der Waals surface area contributed by atoms with Crippen LogP contribution in [-0.4, -0.2) is 72.9 Å². The predicted molar refractivity (Wildman–Crippen MR) is 106 cm³/mol. The van der Waals surface area contributed by atoms with Crippen LogP contribution in [0.5, 0.6) is 5.75 Å². The average molecular weight is 389 g/mol. The van der Waals surface area contributed by atoms with Crippen molar-refractivity contribution in [3.8, 4) is 5.75 Å². The molecule has 2 heterocycles. The standard InChI is InChI=1S/C22H32N2O4/c1-27-19-8-3-2-6-17(19)21-18-7-4-5-9-22(18,26)10-11-24(21)16-20(25)23-12-14-28-15-13-23/h2-3,6,8,18,21,26H,4-5,7,9-16H2,1H3. The molecular weight excluding hydrogens is 356 g/mol. The van der Waals surface area contributed by atoms with Crippen molar-refractivity contribution in [3.05, 3.63) is 29.8 Å². The highest BCUT2D eigenvalue weighted by Gasteiger charge is 2.50. The van der Waals surface area contributed by atoms with Gasteiger partial charge in [0.25, 0.3) is 0 Å². The van der Waals surface area contributed by atoms with E-state index in [-0.39, 0.29) is 17.9 Å². The topological polar surface area (TPSA) is 62.2 Å². The summed E-state index contributed by atoms with van der Waals surface area (Å²) in [5, 5.41) is 11.4. The number of morpholine rings is 1. The fourth-order valence-corrected chi connectivity index (χ4v) is 5.33. The summed E-state index contributed by atoms with van der Waals surface area (Å²) < 4.78 is 11.0. The molecule has 3 fully saturated rings. The Labute approximate surface area is 167 Å².